The fourth-order valence-corrected chi connectivity index (χ4v) is 4.42. The van der Waals surface area contributed by atoms with Crippen LogP contribution < -0.4 is 15.8 Å². The first kappa shape index (κ1) is 20.0. The molecule has 2 fully saturated rings. The van der Waals surface area contributed by atoms with Gasteiger partial charge in [0.25, 0.3) is 5.56 Å². The summed E-state index contributed by atoms with van der Waals surface area (Å²) >= 11 is 0. The summed E-state index contributed by atoms with van der Waals surface area (Å²) < 4.78 is 5.49. The number of aliphatic hydroxyl groups excluding tert-OH is 1. The maximum atomic E-state index is 12.6. The highest BCUT2D eigenvalue weighted by molar-refractivity contribution is 5.92. The van der Waals surface area contributed by atoms with E-state index in [0.29, 0.717) is 22.6 Å². The Hall–Kier alpha value is -2.97. The van der Waals surface area contributed by atoms with E-state index in [9.17, 15) is 9.90 Å². The molecule has 8 nitrogen and oxygen atoms in total. The average Bonchev–Trinajstić information content (AvgIpc) is 2.81. The van der Waals surface area contributed by atoms with Gasteiger partial charge in [0, 0.05) is 44.1 Å². The van der Waals surface area contributed by atoms with Gasteiger partial charge in [-0.1, -0.05) is 0 Å². The molecule has 0 unspecified atom stereocenters. The molecular formula is C23H27N5O3. The third-order valence-corrected chi connectivity index (χ3v) is 6.23. The Balaban J connectivity index is 1.44. The number of anilines is 3. The van der Waals surface area contributed by atoms with E-state index >= 15 is 0 Å². The molecule has 2 saturated heterocycles. The molecule has 0 saturated carbocycles. The van der Waals surface area contributed by atoms with Crippen molar-refractivity contribution in [3.05, 3.63) is 52.7 Å². The van der Waals surface area contributed by atoms with E-state index in [1.165, 1.54) is 0 Å². The summed E-state index contributed by atoms with van der Waals surface area (Å²) in [5, 5.41) is 13.6. The monoisotopic (exact) mass is 421 g/mol. The number of nitrogens with zero attached hydrogens (tertiary/aromatic N) is 3. The van der Waals surface area contributed by atoms with Crippen LogP contribution >= 0.6 is 0 Å². The summed E-state index contributed by atoms with van der Waals surface area (Å²) in [6, 6.07) is 7.78. The Kier molecular flexibility index (Phi) is 5.57. The lowest BCUT2D eigenvalue weighted by Gasteiger charge is -2.31. The first-order valence-electron chi connectivity index (χ1n) is 10.9. The van der Waals surface area contributed by atoms with Gasteiger partial charge >= 0.3 is 0 Å². The zero-order chi connectivity index (χ0) is 21.2. The zero-order valence-corrected chi connectivity index (χ0v) is 17.4. The van der Waals surface area contributed by atoms with Crippen LogP contribution in [0.25, 0.3) is 10.9 Å². The number of aromatic nitrogens is 3. The van der Waals surface area contributed by atoms with Crippen LogP contribution in [0, 0.1) is 0 Å². The number of piperidine rings is 1. The van der Waals surface area contributed by atoms with Gasteiger partial charge in [-0.3, -0.25) is 9.78 Å². The van der Waals surface area contributed by atoms with E-state index in [4.69, 9.17) is 9.72 Å². The predicted octanol–water partition coefficient (Wildman–Crippen LogP) is 2.92. The second-order valence-electron chi connectivity index (χ2n) is 8.29. The molecule has 5 rings (SSSR count). The van der Waals surface area contributed by atoms with Crippen LogP contribution in [0.15, 0.2) is 41.5 Å². The molecule has 3 N–H and O–H groups in total. The number of rotatable bonds is 4. The van der Waals surface area contributed by atoms with Crippen molar-refractivity contribution in [1.82, 2.24) is 15.0 Å². The Labute approximate surface area is 180 Å². The molecule has 31 heavy (non-hydrogen) atoms. The van der Waals surface area contributed by atoms with Gasteiger partial charge in [0.2, 0.25) is 0 Å². The first-order valence-corrected chi connectivity index (χ1v) is 10.9. The summed E-state index contributed by atoms with van der Waals surface area (Å²) in [6.45, 7) is 3.13. The maximum absolute atomic E-state index is 12.6. The minimum Gasteiger partial charge on any atom is -0.393 e. The summed E-state index contributed by atoms with van der Waals surface area (Å²) in [5.41, 5.74) is 3.24. The van der Waals surface area contributed by atoms with Crippen LogP contribution in [0.3, 0.4) is 0 Å². The van der Waals surface area contributed by atoms with E-state index in [2.05, 4.69) is 20.2 Å². The molecule has 0 aromatic carbocycles. The van der Waals surface area contributed by atoms with Gasteiger partial charge in [-0.05, 0) is 49.9 Å². The highest BCUT2D eigenvalue weighted by Gasteiger charge is 2.21. The number of hydrogen-bond acceptors (Lipinski definition) is 7. The number of H-pyrrole nitrogens is 1. The molecular weight excluding hydrogens is 394 g/mol. The Morgan fingerprint density at radius 2 is 1.94 bits per heavy atom. The molecule has 162 valence electrons. The third-order valence-electron chi connectivity index (χ3n) is 6.23. The van der Waals surface area contributed by atoms with E-state index in [-0.39, 0.29) is 11.7 Å². The van der Waals surface area contributed by atoms with Crippen LogP contribution in [0.4, 0.5) is 17.2 Å². The molecule has 0 atom stereocenters. The summed E-state index contributed by atoms with van der Waals surface area (Å²) in [7, 11) is 0. The number of aromatic amines is 1. The largest absolute Gasteiger partial charge is 0.393 e. The van der Waals surface area contributed by atoms with Gasteiger partial charge in [0.15, 0.2) is 0 Å². The highest BCUT2D eigenvalue weighted by Crippen LogP contribution is 2.31. The van der Waals surface area contributed by atoms with Crippen molar-refractivity contribution in [3.63, 3.8) is 0 Å². The second-order valence-corrected chi connectivity index (χ2v) is 8.29. The first-order chi connectivity index (χ1) is 15.2. The minimum absolute atomic E-state index is 0.172. The van der Waals surface area contributed by atoms with Gasteiger partial charge in [0.05, 0.1) is 34.6 Å². The van der Waals surface area contributed by atoms with Crippen LogP contribution in [-0.2, 0) is 4.74 Å². The Morgan fingerprint density at radius 3 is 2.68 bits per heavy atom. The van der Waals surface area contributed by atoms with Gasteiger partial charge in [-0.25, -0.2) is 4.98 Å². The van der Waals surface area contributed by atoms with Crippen LogP contribution in [-0.4, -0.2) is 52.5 Å². The second kappa shape index (κ2) is 8.64. The number of nitrogens with one attached hydrogen (secondary N) is 2. The smallest absolute Gasteiger partial charge is 0.259 e. The van der Waals surface area contributed by atoms with Crippen molar-refractivity contribution in [2.24, 2.45) is 0 Å². The van der Waals surface area contributed by atoms with E-state index in [1.54, 1.807) is 6.20 Å². The van der Waals surface area contributed by atoms with Crippen molar-refractivity contribution in [1.29, 1.82) is 0 Å². The summed E-state index contributed by atoms with van der Waals surface area (Å²) in [5.74, 6) is 0.997. The number of fused-ring (bicyclic) bond motifs is 1. The molecule has 2 aliphatic heterocycles. The molecule has 2 aliphatic rings. The fraction of sp³-hybridized carbons (Fsp3) is 0.435. The third kappa shape index (κ3) is 4.26. The molecule has 0 radical (unpaired) electrons. The van der Waals surface area contributed by atoms with Gasteiger partial charge in [-0.15, -0.1) is 0 Å². The average molecular weight is 422 g/mol. The fourth-order valence-electron chi connectivity index (χ4n) is 4.42. The van der Waals surface area contributed by atoms with E-state index in [1.807, 2.05) is 30.5 Å². The van der Waals surface area contributed by atoms with E-state index in [0.717, 1.165) is 69.1 Å². The number of hydrogen-bond donors (Lipinski definition) is 3. The standard InChI is InChI=1S/C23H27N5O3/c29-17-4-9-28(10-5-17)16-1-2-21(25-14-16)27-20-13-19(15-6-11-31-12-7-15)26-18-3-8-24-23(30)22(18)20/h1-3,8,13-15,17,29H,4-7,9-12H2,(H,24,30)(H,25,26,27). The molecule has 5 heterocycles. The quantitative estimate of drug-likeness (QED) is 0.595. The van der Waals surface area contributed by atoms with E-state index < -0.39 is 0 Å². The van der Waals surface area contributed by atoms with Crippen molar-refractivity contribution < 1.29 is 9.84 Å². The minimum atomic E-state index is -0.201. The number of ether oxygens (including phenoxy) is 1. The molecule has 3 aromatic heterocycles. The van der Waals surface area contributed by atoms with Crippen molar-refractivity contribution in [2.45, 2.75) is 37.7 Å². The molecule has 3 aromatic rings. The van der Waals surface area contributed by atoms with Gasteiger partial charge < -0.3 is 25.0 Å². The van der Waals surface area contributed by atoms with Crippen molar-refractivity contribution in [2.75, 3.05) is 36.5 Å². The number of pyridine rings is 3. The normalized spacial score (nSPS) is 18.4. The lowest BCUT2D eigenvalue weighted by Crippen LogP contribution is -2.35. The number of aliphatic hydroxyl groups is 1. The zero-order valence-electron chi connectivity index (χ0n) is 17.4. The lowest BCUT2D eigenvalue weighted by molar-refractivity contribution is 0.0846. The molecule has 0 spiro atoms. The molecule has 0 amide bonds. The lowest BCUT2D eigenvalue weighted by atomic mass is 9.95. The van der Waals surface area contributed by atoms with Gasteiger partial charge in [-0.2, -0.15) is 0 Å². The van der Waals surface area contributed by atoms with Gasteiger partial charge in [0.1, 0.15) is 5.82 Å². The highest BCUT2D eigenvalue weighted by atomic mass is 16.5. The van der Waals surface area contributed by atoms with Crippen molar-refractivity contribution >= 4 is 28.1 Å². The molecule has 8 heteroatoms. The molecule has 0 bridgehead atoms. The van der Waals surface area contributed by atoms with Crippen molar-refractivity contribution in [3.8, 4) is 0 Å². The Bertz CT molecular complexity index is 1100. The topological polar surface area (TPSA) is 103 Å². The van der Waals surface area contributed by atoms with Crippen LogP contribution in [0.2, 0.25) is 0 Å². The predicted molar refractivity (Wildman–Crippen MR) is 120 cm³/mol. The Morgan fingerprint density at radius 1 is 1.13 bits per heavy atom. The summed E-state index contributed by atoms with van der Waals surface area (Å²) in [6.07, 6.45) is 6.69. The SMILES string of the molecule is O=c1[nH]ccc2nc(C3CCOCC3)cc(Nc3ccc(N4CCC(O)CC4)cn3)c12. The summed E-state index contributed by atoms with van der Waals surface area (Å²) in [4.78, 5) is 26.9. The maximum Gasteiger partial charge on any atom is 0.259 e. The van der Waals surface area contributed by atoms with Crippen LogP contribution in [0.5, 0.6) is 0 Å². The molecule has 0 aliphatic carbocycles. The van der Waals surface area contributed by atoms with Crippen LogP contribution in [0.1, 0.15) is 37.3 Å².